The highest BCUT2D eigenvalue weighted by Crippen LogP contribution is 2.19. The van der Waals surface area contributed by atoms with Crippen LogP contribution in [0.5, 0.6) is 5.75 Å². The van der Waals surface area contributed by atoms with Crippen molar-refractivity contribution in [1.82, 2.24) is 9.88 Å². The van der Waals surface area contributed by atoms with Crippen LogP contribution in [0.25, 0.3) is 0 Å². The van der Waals surface area contributed by atoms with Crippen molar-refractivity contribution in [2.24, 2.45) is 0 Å². The molecule has 120 valence electrons. The summed E-state index contributed by atoms with van der Waals surface area (Å²) in [4.78, 5) is 18.1. The lowest BCUT2D eigenvalue weighted by molar-refractivity contribution is -0.133. The van der Waals surface area contributed by atoms with Gasteiger partial charge in [-0.3, -0.25) is 9.78 Å². The molecule has 1 aliphatic rings. The molecule has 2 aromatic rings. The third kappa shape index (κ3) is 4.06. The number of carbonyl (C=O) groups is 1. The molecule has 0 bridgehead atoms. The lowest BCUT2D eigenvalue weighted by Gasteiger charge is -2.33. The fourth-order valence-electron chi connectivity index (χ4n) is 2.79. The third-order valence-corrected chi connectivity index (χ3v) is 3.98. The number of hydrogen-bond donors (Lipinski definition) is 0. The van der Waals surface area contributed by atoms with Crippen molar-refractivity contribution in [1.29, 1.82) is 0 Å². The summed E-state index contributed by atoms with van der Waals surface area (Å²) in [7, 11) is 0. The van der Waals surface area contributed by atoms with E-state index in [4.69, 9.17) is 4.74 Å². The Balaban J connectivity index is 1.59. The summed E-state index contributed by atoms with van der Waals surface area (Å²) in [6.07, 6.45) is 5.22. The highest BCUT2D eigenvalue weighted by atomic mass is 19.1. The van der Waals surface area contributed by atoms with E-state index in [1.54, 1.807) is 47.6 Å². The molecular formula is C18H19FN2O2. The standard InChI is InChI=1S/C18H19FN2O2/c19-17-6-2-1-4-14(17)12-18(22)21-11-3-5-16(13-21)23-15-7-9-20-10-8-15/h1-2,4,6-10,16H,3,5,11-13H2/t16-/m1/s1. The Labute approximate surface area is 134 Å². The minimum atomic E-state index is -0.331. The number of nitrogens with zero attached hydrogens (tertiary/aromatic N) is 2. The molecule has 0 saturated carbocycles. The first kappa shape index (κ1) is 15.5. The highest BCUT2D eigenvalue weighted by molar-refractivity contribution is 5.79. The highest BCUT2D eigenvalue weighted by Gasteiger charge is 2.25. The van der Waals surface area contributed by atoms with Gasteiger partial charge in [-0.1, -0.05) is 18.2 Å². The number of carbonyl (C=O) groups excluding carboxylic acids is 1. The molecular weight excluding hydrogens is 295 g/mol. The van der Waals surface area contributed by atoms with E-state index in [9.17, 15) is 9.18 Å². The molecule has 23 heavy (non-hydrogen) atoms. The molecule has 0 unspecified atom stereocenters. The van der Waals surface area contributed by atoms with Crippen molar-refractivity contribution in [3.63, 3.8) is 0 Å². The Morgan fingerprint density at radius 2 is 2.04 bits per heavy atom. The Hall–Kier alpha value is -2.43. The topological polar surface area (TPSA) is 42.4 Å². The van der Waals surface area contributed by atoms with Gasteiger partial charge >= 0.3 is 0 Å². The van der Waals surface area contributed by atoms with E-state index in [1.807, 2.05) is 0 Å². The van der Waals surface area contributed by atoms with E-state index in [-0.39, 0.29) is 24.2 Å². The second-order valence-corrected chi connectivity index (χ2v) is 5.67. The van der Waals surface area contributed by atoms with Crippen LogP contribution in [0.3, 0.4) is 0 Å². The lowest BCUT2D eigenvalue weighted by Crippen LogP contribution is -2.45. The predicted octanol–water partition coefficient (Wildman–Crippen LogP) is 2.83. The normalized spacial score (nSPS) is 17.8. The van der Waals surface area contributed by atoms with Crippen LogP contribution in [0.2, 0.25) is 0 Å². The van der Waals surface area contributed by atoms with Crippen LogP contribution in [-0.4, -0.2) is 35.0 Å². The van der Waals surface area contributed by atoms with Crippen molar-refractivity contribution < 1.29 is 13.9 Å². The van der Waals surface area contributed by atoms with Crippen molar-refractivity contribution in [2.45, 2.75) is 25.4 Å². The van der Waals surface area contributed by atoms with Crippen molar-refractivity contribution >= 4 is 5.91 Å². The number of piperidine rings is 1. The van der Waals surface area contributed by atoms with Gasteiger partial charge in [0.2, 0.25) is 5.91 Å². The number of pyridine rings is 1. The first-order valence-electron chi connectivity index (χ1n) is 7.80. The number of likely N-dealkylation sites (tertiary alicyclic amines) is 1. The van der Waals surface area contributed by atoms with Gasteiger partial charge in [0, 0.05) is 18.9 Å². The zero-order valence-electron chi connectivity index (χ0n) is 12.8. The monoisotopic (exact) mass is 314 g/mol. The second-order valence-electron chi connectivity index (χ2n) is 5.67. The van der Waals surface area contributed by atoms with Gasteiger partial charge in [0.25, 0.3) is 0 Å². The number of ether oxygens (including phenoxy) is 1. The molecule has 1 saturated heterocycles. The largest absolute Gasteiger partial charge is 0.488 e. The quantitative estimate of drug-likeness (QED) is 0.871. The van der Waals surface area contributed by atoms with Crippen LogP contribution in [0.15, 0.2) is 48.8 Å². The Kier molecular flexibility index (Phi) is 4.86. The van der Waals surface area contributed by atoms with Crippen LogP contribution in [-0.2, 0) is 11.2 Å². The maximum Gasteiger partial charge on any atom is 0.227 e. The number of benzene rings is 1. The molecule has 0 N–H and O–H groups in total. The van der Waals surface area contributed by atoms with Gasteiger partial charge in [-0.05, 0) is 36.6 Å². The van der Waals surface area contributed by atoms with Crippen molar-refractivity contribution in [3.05, 3.63) is 60.2 Å². The third-order valence-electron chi connectivity index (χ3n) is 3.98. The summed E-state index contributed by atoms with van der Waals surface area (Å²) in [5, 5.41) is 0. The fraction of sp³-hybridized carbons (Fsp3) is 0.333. The molecule has 4 nitrogen and oxygen atoms in total. The van der Waals surface area contributed by atoms with Gasteiger partial charge in [-0.15, -0.1) is 0 Å². The van der Waals surface area contributed by atoms with E-state index in [2.05, 4.69) is 4.98 Å². The number of amides is 1. The number of halogens is 1. The molecule has 1 aliphatic heterocycles. The van der Waals surface area contributed by atoms with Gasteiger partial charge in [0.15, 0.2) is 0 Å². The average Bonchev–Trinajstić information content (AvgIpc) is 2.58. The minimum Gasteiger partial charge on any atom is -0.488 e. The SMILES string of the molecule is O=C(Cc1ccccc1F)N1CCC[C@@H](Oc2ccncc2)C1. The molecule has 1 aromatic heterocycles. The van der Waals surface area contributed by atoms with E-state index in [0.717, 1.165) is 18.6 Å². The summed E-state index contributed by atoms with van der Waals surface area (Å²) in [6.45, 7) is 1.24. The summed E-state index contributed by atoms with van der Waals surface area (Å²) in [5.74, 6) is 0.369. The zero-order valence-corrected chi connectivity index (χ0v) is 12.8. The van der Waals surface area contributed by atoms with Crippen LogP contribution in [0, 0.1) is 5.82 Å². The molecule has 0 spiro atoms. The van der Waals surface area contributed by atoms with Gasteiger partial charge in [0.05, 0.1) is 13.0 Å². The Bertz CT molecular complexity index is 663. The Morgan fingerprint density at radius 1 is 1.26 bits per heavy atom. The lowest BCUT2D eigenvalue weighted by atomic mass is 10.1. The molecule has 1 fully saturated rings. The smallest absolute Gasteiger partial charge is 0.227 e. The number of rotatable bonds is 4. The molecule has 1 amide bonds. The average molecular weight is 314 g/mol. The van der Waals surface area contributed by atoms with Crippen LogP contribution < -0.4 is 4.74 Å². The van der Waals surface area contributed by atoms with Gasteiger partial charge in [0.1, 0.15) is 17.7 Å². The van der Waals surface area contributed by atoms with E-state index in [1.165, 1.54) is 6.07 Å². The number of hydrogen-bond acceptors (Lipinski definition) is 3. The molecule has 5 heteroatoms. The molecule has 2 heterocycles. The molecule has 3 rings (SSSR count). The summed E-state index contributed by atoms with van der Waals surface area (Å²) in [5.41, 5.74) is 0.440. The molecule has 0 aliphatic carbocycles. The summed E-state index contributed by atoms with van der Waals surface area (Å²) < 4.78 is 19.6. The minimum absolute atomic E-state index is 0.0317. The van der Waals surface area contributed by atoms with Gasteiger partial charge < -0.3 is 9.64 Å². The molecule has 0 radical (unpaired) electrons. The van der Waals surface area contributed by atoms with Crippen molar-refractivity contribution in [3.8, 4) is 5.75 Å². The maximum atomic E-state index is 13.7. The fourth-order valence-corrected chi connectivity index (χ4v) is 2.79. The van der Waals surface area contributed by atoms with Crippen LogP contribution in [0.4, 0.5) is 4.39 Å². The first-order chi connectivity index (χ1) is 11.2. The zero-order chi connectivity index (χ0) is 16.1. The predicted molar refractivity (Wildman–Crippen MR) is 84.6 cm³/mol. The summed E-state index contributed by atoms with van der Waals surface area (Å²) in [6, 6.07) is 10.0. The first-order valence-corrected chi connectivity index (χ1v) is 7.80. The van der Waals surface area contributed by atoms with E-state index >= 15 is 0 Å². The molecule has 1 atom stereocenters. The van der Waals surface area contributed by atoms with Gasteiger partial charge in [-0.2, -0.15) is 0 Å². The summed E-state index contributed by atoms with van der Waals surface area (Å²) >= 11 is 0. The van der Waals surface area contributed by atoms with Crippen molar-refractivity contribution in [2.75, 3.05) is 13.1 Å². The van der Waals surface area contributed by atoms with Gasteiger partial charge in [-0.25, -0.2) is 4.39 Å². The maximum absolute atomic E-state index is 13.7. The number of aromatic nitrogens is 1. The van der Waals surface area contributed by atoms with Crippen LogP contribution in [0.1, 0.15) is 18.4 Å². The van der Waals surface area contributed by atoms with E-state index < -0.39 is 0 Å². The second kappa shape index (κ2) is 7.22. The molecule has 1 aromatic carbocycles. The van der Waals surface area contributed by atoms with Crippen LogP contribution >= 0.6 is 0 Å². The van der Waals surface area contributed by atoms with E-state index in [0.29, 0.717) is 18.7 Å². The Morgan fingerprint density at radius 3 is 2.83 bits per heavy atom.